The Morgan fingerprint density at radius 1 is 1.39 bits per heavy atom. The molecule has 0 unspecified atom stereocenters. The average Bonchev–Trinajstić information content (AvgIpc) is 3.05. The minimum atomic E-state index is -0.250. The number of hydrogen-bond donors (Lipinski definition) is 2. The Labute approximate surface area is 144 Å². The van der Waals surface area contributed by atoms with E-state index < -0.39 is 0 Å². The molecule has 0 saturated heterocycles. The van der Waals surface area contributed by atoms with Crippen LogP contribution in [-0.4, -0.2) is 17.1 Å². The Hall–Kier alpha value is -2.39. The largest absolute Gasteiger partial charge is 0.334 e. The standard InChI is InChI=1S/C17H13BrN4O.2H2/c18-11-2-3-12-10(5-11)6-13-15(12)16(13)22-17(23)21-14-4-1-9(7-19)8-20-14;;/h1-5,8,13,15-16H,6H2,(H2,20,21,22,23);2*1H/t13-,15+,16-;;/m1../s1. The molecule has 118 valence electrons. The van der Waals surface area contributed by atoms with Gasteiger partial charge < -0.3 is 5.32 Å². The van der Waals surface area contributed by atoms with E-state index in [-0.39, 0.29) is 14.9 Å². The number of fused-ring (bicyclic) bond motifs is 3. The van der Waals surface area contributed by atoms with Crippen LogP contribution in [0.5, 0.6) is 0 Å². The van der Waals surface area contributed by atoms with Gasteiger partial charge in [0.15, 0.2) is 0 Å². The summed E-state index contributed by atoms with van der Waals surface area (Å²) in [4.78, 5) is 16.1. The smallest absolute Gasteiger partial charge is 0.320 e. The van der Waals surface area contributed by atoms with Gasteiger partial charge in [0.1, 0.15) is 11.9 Å². The van der Waals surface area contributed by atoms with Crippen molar-refractivity contribution in [2.75, 3.05) is 5.32 Å². The SMILES string of the molecule is N#Cc1ccc(NC(=O)N[C@@H]2[C@@H]3Cc4cc(Br)ccc4[C@@H]32)nc1.[HH].[HH]. The van der Waals surface area contributed by atoms with Gasteiger partial charge in [-0.15, -0.1) is 0 Å². The van der Waals surface area contributed by atoms with Crippen LogP contribution in [0, 0.1) is 17.2 Å². The zero-order valence-electron chi connectivity index (χ0n) is 12.1. The summed E-state index contributed by atoms with van der Waals surface area (Å²) in [5, 5.41) is 14.5. The van der Waals surface area contributed by atoms with E-state index in [9.17, 15) is 4.79 Å². The molecular formula is C17H17BrN4O. The molecule has 5 nitrogen and oxygen atoms in total. The molecule has 1 aromatic carbocycles. The molecule has 2 N–H and O–H groups in total. The van der Waals surface area contributed by atoms with Crippen LogP contribution in [0.4, 0.5) is 10.6 Å². The van der Waals surface area contributed by atoms with E-state index in [1.54, 1.807) is 12.1 Å². The van der Waals surface area contributed by atoms with Gasteiger partial charge in [0.05, 0.1) is 5.56 Å². The van der Waals surface area contributed by atoms with Crippen LogP contribution in [0.15, 0.2) is 41.0 Å². The number of nitriles is 1. The van der Waals surface area contributed by atoms with E-state index in [0.717, 1.165) is 10.9 Å². The Balaban J connectivity index is 0.00000113. The highest BCUT2D eigenvalue weighted by Crippen LogP contribution is 2.56. The topological polar surface area (TPSA) is 77.8 Å². The minimum Gasteiger partial charge on any atom is -0.334 e. The van der Waals surface area contributed by atoms with E-state index in [4.69, 9.17) is 5.26 Å². The summed E-state index contributed by atoms with van der Waals surface area (Å²) in [6, 6.07) is 11.6. The maximum absolute atomic E-state index is 12.1. The van der Waals surface area contributed by atoms with Crippen LogP contribution in [0.3, 0.4) is 0 Å². The number of pyridine rings is 1. The molecule has 2 aliphatic carbocycles. The number of urea groups is 1. The highest BCUT2D eigenvalue weighted by molar-refractivity contribution is 9.10. The number of nitrogens with zero attached hydrogens (tertiary/aromatic N) is 2. The first-order valence-corrected chi connectivity index (χ1v) is 8.17. The predicted molar refractivity (Wildman–Crippen MR) is 93.2 cm³/mol. The molecule has 2 aromatic rings. The number of anilines is 1. The molecule has 1 aromatic heterocycles. The number of rotatable bonds is 2. The molecule has 0 bridgehead atoms. The zero-order chi connectivity index (χ0) is 16.0. The lowest BCUT2D eigenvalue weighted by atomic mass is 10.1. The van der Waals surface area contributed by atoms with Crippen molar-refractivity contribution in [3.05, 3.63) is 57.7 Å². The van der Waals surface area contributed by atoms with E-state index in [2.05, 4.69) is 49.7 Å². The molecule has 1 saturated carbocycles. The van der Waals surface area contributed by atoms with Crippen LogP contribution >= 0.6 is 15.9 Å². The molecule has 0 aliphatic heterocycles. The summed E-state index contributed by atoms with van der Waals surface area (Å²) in [5.41, 5.74) is 3.19. The molecule has 0 spiro atoms. The number of benzene rings is 1. The summed E-state index contributed by atoms with van der Waals surface area (Å²) in [5.74, 6) is 1.37. The van der Waals surface area contributed by atoms with Crippen LogP contribution in [-0.2, 0) is 6.42 Å². The number of amides is 2. The van der Waals surface area contributed by atoms with Crippen LogP contribution in [0.1, 0.15) is 25.5 Å². The Morgan fingerprint density at radius 3 is 3.00 bits per heavy atom. The second kappa shape index (κ2) is 5.36. The normalized spacial score (nSPS) is 23.4. The van der Waals surface area contributed by atoms with Gasteiger partial charge in [-0.25, -0.2) is 9.78 Å². The Kier molecular flexibility index (Phi) is 3.31. The molecule has 1 heterocycles. The van der Waals surface area contributed by atoms with Gasteiger partial charge >= 0.3 is 6.03 Å². The Bertz CT molecular complexity index is 838. The number of carbonyl (C=O) groups is 1. The summed E-state index contributed by atoms with van der Waals surface area (Å²) < 4.78 is 1.10. The monoisotopic (exact) mass is 372 g/mol. The van der Waals surface area contributed by atoms with Gasteiger partial charge in [-0.2, -0.15) is 5.26 Å². The van der Waals surface area contributed by atoms with Crippen molar-refractivity contribution in [2.24, 2.45) is 5.92 Å². The first-order chi connectivity index (χ1) is 11.2. The van der Waals surface area contributed by atoms with Crippen LogP contribution in [0.25, 0.3) is 0 Å². The van der Waals surface area contributed by atoms with Gasteiger partial charge in [0.2, 0.25) is 0 Å². The maximum Gasteiger partial charge on any atom is 0.320 e. The minimum absolute atomic E-state index is 0. The quantitative estimate of drug-likeness (QED) is 0.843. The lowest BCUT2D eigenvalue weighted by Gasteiger charge is -2.11. The molecule has 2 amide bonds. The van der Waals surface area contributed by atoms with Gasteiger partial charge in [-0.05, 0) is 47.7 Å². The second-order valence-electron chi connectivity index (χ2n) is 5.91. The van der Waals surface area contributed by atoms with E-state index in [1.165, 1.54) is 17.3 Å². The predicted octanol–water partition coefficient (Wildman–Crippen LogP) is 3.67. The molecule has 3 atom stereocenters. The zero-order valence-corrected chi connectivity index (χ0v) is 13.7. The number of carbonyl (C=O) groups excluding carboxylic acids is 1. The van der Waals surface area contributed by atoms with E-state index >= 15 is 0 Å². The molecule has 0 radical (unpaired) electrons. The highest BCUT2D eigenvalue weighted by atomic mass is 79.9. The number of hydrogen-bond acceptors (Lipinski definition) is 3. The lowest BCUT2D eigenvalue weighted by molar-refractivity contribution is 0.251. The summed E-state index contributed by atoms with van der Waals surface area (Å²) in [6.45, 7) is 0. The summed E-state index contributed by atoms with van der Waals surface area (Å²) in [6.07, 6.45) is 2.45. The number of aromatic nitrogens is 1. The van der Waals surface area contributed by atoms with Crippen molar-refractivity contribution in [1.82, 2.24) is 10.3 Å². The fourth-order valence-electron chi connectivity index (χ4n) is 3.42. The third-order valence-electron chi connectivity index (χ3n) is 4.52. The first-order valence-electron chi connectivity index (χ1n) is 7.38. The second-order valence-corrected chi connectivity index (χ2v) is 6.82. The van der Waals surface area contributed by atoms with E-state index in [1.807, 2.05) is 6.07 Å². The third kappa shape index (κ3) is 2.57. The molecule has 23 heavy (non-hydrogen) atoms. The molecule has 6 heteroatoms. The highest BCUT2D eigenvalue weighted by Gasteiger charge is 2.56. The van der Waals surface area contributed by atoms with Crippen molar-refractivity contribution in [2.45, 2.75) is 18.4 Å². The summed E-state index contributed by atoms with van der Waals surface area (Å²) >= 11 is 3.50. The molecule has 2 aliphatic rings. The third-order valence-corrected chi connectivity index (χ3v) is 5.01. The average molecular weight is 373 g/mol. The maximum atomic E-state index is 12.1. The van der Waals surface area contributed by atoms with E-state index in [0.29, 0.717) is 23.2 Å². The van der Waals surface area contributed by atoms with Crippen molar-refractivity contribution < 1.29 is 7.65 Å². The summed E-state index contributed by atoms with van der Waals surface area (Å²) in [7, 11) is 0. The van der Waals surface area contributed by atoms with Crippen molar-refractivity contribution in [3.63, 3.8) is 0 Å². The van der Waals surface area contributed by atoms with Crippen LogP contribution < -0.4 is 10.6 Å². The molecule has 4 rings (SSSR count). The fourth-order valence-corrected chi connectivity index (χ4v) is 3.83. The molecular weight excluding hydrogens is 356 g/mol. The van der Waals surface area contributed by atoms with Crippen molar-refractivity contribution >= 4 is 27.8 Å². The van der Waals surface area contributed by atoms with Crippen LogP contribution in [0.2, 0.25) is 0 Å². The van der Waals surface area contributed by atoms with Gasteiger partial charge in [0.25, 0.3) is 0 Å². The van der Waals surface area contributed by atoms with Gasteiger partial charge in [0, 0.05) is 25.5 Å². The Morgan fingerprint density at radius 2 is 2.26 bits per heavy atom. The van der Waals surface area contributed by atoms with Crippen molar-refractivity contribution in [3.8, 4) is 6.07 Å². The molecule has 1 fully saturated rings. The fraction of sp³-hybridized carbons (Fsp3) is 0.235. The lowest BCUT2D eigenvalue weighted by Crippen LogP contribution is -2.33. The van der Waals surface area contributed by atoms with Gasteiger partial charge in [-0.3, -0.25) is 5.32 Å². The first kappa shape index (κ1) is 14.2. The van der Waals surface area contributed by atoms with Crippen molar-refractivity contribution in [1.29, 1.82) is 5.26 Å². The number of halogens is 1. The number of nitrogens with one attached hydrogen (secondary N) is 2. The van der Waals surface area contributed by atoms with Gasteiger partial charge in [-0.1, -0.05) is 22.0 Å².